The molecule has 0 saturated carbocycles. The number of aryl methyl sites for hydroxylation is 1. The van der Waals surface area contributed by atoms with Crippen LogP contribution in [0.3, 0.4) is 0 Å². The lowest BCUT2D eigenvalue weighted by atomic mass is 9.98. The van der Waals surface area contributed by atoms with Crippen LogP contribution >= 0.6 is 0 Å². The first-order valence-electron chi connectivity index (χ1n) is 8.86. The lowest BCUT2D eigenvalue weighted by Gasteiger charge is -2.35. The summed E-state index contributed by atoms with van der Waals surface area (Å²) in [5, 5.41) is 7.14. The summed E-state index contributed by atoms with van der Waals surface area (Å²) in [4.78, 5) is 14.8. The van der Waals surface area contributed by atoms with Crippen LogP contribution in [-0.4, -0.2) is 45.4 Å². The van der Waals surface area contributed by atoms with Crippen LogP contribution in [0.5, 0.6) is 0 Å². The first-order chi connectivity index (χ1) is 12.2. The topological polar surface area (TPSA) is 72.5 Å². The molecule has 2 saturated heterocycles. The lowest BCUT2D eigenvalue weighted by Crippen LogP contribution is -2.47. The summed E-state index contributed by atoms with van der Waals surface area (Å²) < 4.78 is 13.2. The van der Waals surface area contributed by atoms with Gasteiger partial charge in [-0.15, -0.1) is 0 Å². The normalized spacial score (nSPS) is 26.5. The number of nitrogens with one attached hydrogen (secondary N) is 1. The molecule has 0 spiro atoms. The summed E-state index contributed by atoms with van der Waals surface area (Å²) in [7, 11) is 1.94. The number of nitrogens with zero attached hydrogens (tertiary/aromatic N) is 3. The largest absolute Gasteiger partial charge is 0.467 e. The van der Waals surface area contributed by atoms with Crippen LogP contribution in [0.1, 0.15) is 30.6 Å². The molecule has 0 radical (unpaired) electrons. The van der Waals surface area contributed by atoms with E-state index < -0.39 is 0 Å². The van der Waals surface area contributed by atoms with E-state index in [9.17, 15) is 4.79 Å². The number of hydrogen-bond acceptors (Lipinski definition) is 5. The molecule has 7 heteroatoms. The Kier molecular flexibility index (Phi) is 4.59. The number of ether oxygens (including phenoxy) is 1. The van der Waals surface area contributed by atoms with Crippen LogP contribution in [0.15, 0.2) is 35.2 Å². The maximum atomic E-state index is 12.4. The van der Waals surface area contributed by atoms with Crippen molar-refractivity contribution < 1.29 is 13.9 Å². The second kappa shape index (κ2) is 7.01. The van der Waals surface area contributed by atoms with Crippen molar-refractivity contribution in [1.29, 1.82) is 0 Å². The number of aromatic nitrogens is 2. The third kappa shape index (κ3) is 3.62. The number of hydrogen-bond donors (Lipinski definition) is 1. The van der Waals surface area contributed by atoms with E-state index in [4.69, 9.17) is 9.15 Å². The van der Waals surface area contributed by atoms with Crippen molar-refractivity contribution in [1.82, 2.24) is 20.0 Å². The highest BCUT2D eigenvalue weighted by atomic mass is 16.5. The Bertz CT molecular complexity index is 712. The summed E-state index contributed by atoms with van der Waals surface area (Å²) in [5.41, 5.74) is 1.22. The van der Waals surface area contributed by atoms with Gasteiger partial charge in [-0.25, -0.2) is 0 Å². The molecule has 4 rings (SSSR count). The molecule has 2 fully saturated rings. The van der Waals surface area contributed by atoms with Gasteiger partial charge < -0.3 is 14.5 Å². The number of amides is 1. The van der Waals surface area contributed by atoms with Crippen molar-refractivity contribution >= 4 is 5.91 Å². The van der Waals surface area contributed by atoms with Crippen molar-refractivity contribution in [2.75, 3.05) is 6.54 Å². The molecule has 1 N–H and O–H groups in total. The molecule has 2 aromatic rings. The highest BCUT2D eigenvalue weighted by Crippen LogP contribution is 2.32. The number of carbonyl (C=O) groups is 1. The average molecular weight is 344 g/mol. The second-order valence-electron chi connectivity index (χ2n) is 6.89. The molecule has 2 aromatic heterocycles. The SMILES string of the molecule is Cn1cc(CN2CC[C@H]3O[C@H](C(=O)NCc4ccco4)CC[C@H]32)cn1. The maximum absolute atomic E-state index is 12.4. The number of carbonyl (C=O) groups excluding carboxylic acids is 1. The molecule has 4 heterocycles. The number of furan rings is 1. The van der Waals surface area contributed by atoms with Gasteiger partial charge in [-0.05, 0) is 31.4 Å². The summed E-state index contributed by atoms with van der Waals surface area (Å²) in [6.07, 6.45) is 8.10. The molecule has 25 heavy (non-hydrogen) atoms. The number of fused-ring (bicyclic) bond motifs is 1. The van der Waals surface area contributed by atoms with Crippen LogP contribution in [-0.2, 0) is 29.7 Å². The smallest absolute Gasteiger partial charge is 0.249 e. The third-order valence-electron chi connectivity index (χ3n) is 5.12. The molecule has 134 valence electrons. The van der Waals surface area contributed by atoms with Crippen LogP contribution in [0, 0.1) is 0 Å². The molecular formula is C18H24N4O3. The predicted octanol–water partition coefficient (Wildman–Crippen LogP) is 1.45. The summed E-state index contributed by atoms with van der Waals surface area (Å²) in [5.74, 6) is 0.714. The highest BCUT2D eigenvalue weighted by Gasteiger charge is 2.41. The van der Waals surface area contributed by atoms with Crippen molar-refractivity contribution in [2.24, 2.45) is 7.05 Å². The Morgan fingerprint density at radius 2 is 2.32 bits per heavy atom. The zero-order valence-electron chi connectivity index (χ0n) is 14.4. The van der Waals surface area contributed by atoms with Crippen LogP contribution < -0.4 is 5.32 Å². The summed E-state index contributed by atoms with van der Waals surface area (Å²) in [6.45, 7) is 2.31. The highest BCUT2D eigenvalue weighted by molar-refractivity contribution is 5.80. The minimum absolute atomic E-state index is 0.0411. The van der Waals surface area contributed by atoms with E-state index >= 15 is 0 Å². The average Bonchev–Trinajstić information content (AvgIpc) is 3.35. The fourth-order valence-electron chi connectivity index (χ4n) is 3.89. The van der Waals surface area contributed by atoms with Gasteiger partial charge in [0.05, 0.1) is 25.1 Å². The monoisotopic (exact) mass is 344 g/mol. The molecule has 0 unspecified atom stereocenters. The van der Waals surface area contributed by atoms with E-state index in [1.54, 1.807) is 6.26 Å². The van der Waals surface area contributed by atoms with E-state index in [-0.39, 0.29) is 18.1 Å². The Hall–Kier alpha value is -2.12. The van der Waals surface area contributed by atoms with Crippen LogP contribution in [0.25, 0.3) is 0 Å². The molecule has 0 aliphatic carbocycles. The van der Waals surface area contributed by atoms with Gasteiger partial charge in [0.1, 0.15) is 11.9 Å². The molecule has 1 amide bonds. The predicted molar refractivity (Wildman–Crippen MR) is 90.5 cm³/mol. The minimum Gasteiger partial charge on any atom is -0.467 e. The number of rotatable bonds is 5. The fourth-order valence-corrected chi connectivity index (χ4v) is 3.89. The fraction of sp³-hybridized carbons (Fsp3) is 0.556. The van der Waals surface area contributed by atoms with Gasteiger partial charge in [0.25, 0.3) is 0 Å². The Labute approximate surface area is 146 Å². The van der Waals surface area contributed by atoms with Gasteiger partial charge in [-0.3, -0.25) is 14.4 Å². The standard InChI is InChI=1S/C18H24N4O3/c1-21-11-13(9-20-21)12-22-7-6-16-15(22)4-5-17(25-16)18(23)19-10-14-3-2-8-24-14/h2-3,8-9,11,15-17H,4-7,10,12H2,1H3,(H,19,23)/t15-,16-,17+/m1/s1. The Morgan fingerprint density at radius 1 is 1.40 bits per heavy atom. The van der Waals surface area contributed by atoms with Crippen molar-refractivity contribution in [2.45, 2.75) is 50.6 Å². The maximum Gasteiger partial charge on any atom is 0.249 e. The molecule has 3 atom stereocenters. The summed E-state index contributed by atoms with van der Waals surface area (Å²) in [6, 6.07) is 4.07. The van der Waals surface area contributed by atoms with Gasteiger partial charge in [0, 0.05) is 37.9 Å². The van der Waals surface area contributed by atoms with Crippen LogP contribution in [0.2, 0.25) is 0 Å². The minimum atomic E-state index is -0.352. The van der Waals surface area contributed by atoms with Crippen molar-refractivity contribution in [3.05, 3.63) is 42.1 Å². The zero-order chi connectivity index (χ0) is 17.2. The first-order valence-corrected chi connectivity index (χ1v) is 8.86. The zero-order valence-corrected chi connectivity index (χ0v) is 14.4. The van der Waals surface area contributed by atoms with Gasteiger partial charge in [-0.1, -0.05) is 0 Å². The van der Waals surface area contributed by atoms with Gasteiger partial charge in [0.2, 0.25) is 5.91 Å². The number of likely N-dealkylation sites (tertiary alicyclic amines) is 1. The quantitative estimate of drug-likeness (QED) is 0.889. The molecular weight excluding hydrogens is 320 g/mol. The van der Waals surface area contributed by atoms with E-state index in [0.717, 1.165) is 38.1 Å². The summed E-state index contributed by atoms with van der Waals surface area (Å²) >= 11 is 0. The Morgan fingerprint density at radius 3 is 3.08 bits per heavy atom. The van der Waals surface area contributed by atoms with E-state index in [1.807, 2.05) is 30.1 Å². The van der Waals surface area contributed by atoms with Gasteiger partial charge >= 0.3 is 0 Å². The second-order valence-corrected chi connectivity index (χ2v) is 6.89. The lowest BCUT2D eigenvalue weighted by molar-refractivity contribution is -0.144. The third-order valence-corrected chi connectivity index (χ3v) is 5.12. The van der Waals surface area contributed by atoms with E-state index in [0.29, 0.717) is 12.6 Å². The van der Waals surface area contributed by atoms with Crippen molar-refractivity contribution in [3.63, 3.8) is 0 Å². The molecule has 0 aromatic carbocycles. The molecule has 2 aliphatic rings. The van der Waals surface area contributed by atoms with Crippen LogP contribution in [0.4, 0.5) is 0 Å². The molecule has 2 aliphatic heterocycles. The first kappa shape index (κ1) is 16.4. The van der Waals surface area contributed by atoms with E-state index in [1.165, 1.54) is 5.56 Å². The molecule has 7 nitrogen and oxygen atoms in total. The Balaban J connectivity index is 1.29. The van der Waals surface area contributed by atoms with Crippen molar-refractivity contribution in [3.8, 4) is 0 Å². The molecule has 0 bridgehead atoms. The van der Waals surface area contributed by atoms with Gasteiger partial charge in [0.15, 0.2) is 0 Å². The van der Waals surface area contributed by atoms with E-state index in [2.05, 4.69) is 21.5 Å². The van der Waals surface area contributed by atoms with Gasteiger partial charge in [-0.2, -0.15) is 5.10 Å².